The predicted octanol–water partition coefficient (Wildman–Crippen LogP) is 5.04. The largest absolute Gasteiger partial charge is 0.339 e. The number of hydrogen-bond donors (Lipinski definition) is 2. The summed E-state index contributed by atoms with van der Waals surface area (Å²) < 4.78 is 0. The first-order valence-electron chi connectivity index (χ1n) is 11.3. The fraction of sp³-hybridized carbons (Fsp3) is 0.375. The van der Waals surface area contributed by atoms with Crippen LogP contribution in [-0.2, 0) is 0 Å². The minimum atomic E-state index is -0.0260. The smallest absolute Gasteiger partial charge is 0.321 e. The van der Waals surface area contributed by atoms with E-state index < -0.39 is 0 Å². The normalized spacial score (nSPS) is 17.4. The first-order valence-corrected chi connectivity index (χ1v) is 12.2. The van der Waals surface area contributed by atoms with Crippen molar-refractivity contribution < 1.29 is 4.79 Å². The Kier molecular flexibility index (Phi) is 6.31. The summed E-state index contributed by atoms with van der Waals surface area (Å²) in [6, 6.07) is 10.3. The third kappa shape index (κ3) is 4.92. The maximum absolute atomic E-state index is 12.8. The standard InChI is InChI=1S/C24H28N6OS/c31-24(30-11-6-21(7-12-30)29-9-1-2-10-29)28-20-5-3-4-19(14-20)27-23-16-25-22(15-26-23)18-8-13-32-17-18/h3-5,8,13-17,21H,1-2,6-7,9-12H2,(H,26,27)(H,28,31). The Labute approximate surface area is 192 Å². The van der Waals surface area contributed by atoms with Crippen LogP contribution in [0.1, 0.15) is 25.7 Å². The first kappa shape index (κ1) is 20.9. The van der Waals surface area contributed by atoms with Gasteiger partial charge in [-0.3, -0.25) is 4.98 Å². The summed E-state index contributed by atoms with van der Waals surface area (Å²) in [5.74, 6) is 0.663. The number of aromatic nitrogens is 2. The van der Waals surface area contributed by atoms with Crippen molar-refractivity contribution in [2.45, 2.75) is 31.7 Å². The van der Waals surface area contributed by atoms with Crippen LogP contribution in [-0.4, -0.2) is 58.0 Å². The fourth-order valence-corrected chi connectivity index (χ4v) is 5.17. The zero-order valence-electron chi connectivity index (χ0n) is 18.0. The molecule has 5 rings (SSSR count). The van der Waals surface area contributed by atoms with E-state index in [-0.39, 0.29) is 6.03 Å². The van der Waals surface area contributed by atoms with Crippen molar-refractivity contribution in [3.05, 3.63) is 53.5 Å². The molecule has 2 N–H and O–H groups in total. The van der Waals surface area contributed by atoms with Crippen LogP contribution in [0.2, 0.25) is 0 Å². The van der Waals surface area contributed by atoms with E-state index >= 15 is 0 Å². The number of benzene rings is 1. The van der Waals surface area contributed by atoms with Crippen LogP contribution in [0.3, 0.4) is 0 Å². The van der Waals surface area contributed by atoms with E-state index in [1.54, 1.807) is 23.7 Å². The molecule has 0 radical (unpaired) electrons. The van der Waals surface area contributed by atoms with Gasteiger partial charge in [0.05, 0.1) is 18.1 Å². The van der Waals surface area contributed by atoms with Crippen molar-refractivity contribution in [3.63, 3.8) is 0 Å². The molecule has 4 heterocycles. The Balaban J connectivity index is 1.16. The van der Waals surface area contributed by atoms with Crippen molar-refractivity contribution in [3.8, 4) is 11.3 Å². The summed E-state index contributed by atoms with van der Waals surface area (Å²) in [7, 11) is 0. The zero-order valence-corrected chi connectivity index (χ0v) is 18.9. The second-order valence-corrected chi connectivity index (χ2v) is 9.18. The van der Waals surface area contributed by atoms with Crippen molar-refractivity contribution in [1.29, 1.82) is 0 Å². The molecule has 1 aromatic carbocycles. The Morgan fingerprint density at radius 2 is 1.81 bits per heavy atom. The molecule has 0 saturated carbocycles. The Bertz CT molecular complexity index is 1020. The van der Waals surface area contributed by atoms with Gasteiger partial charge in [0.2, 0.25) is 0 Å². The summed E-state index contributed by atoms with van der Waals surface area (Å²) in [6.07, 6.45) is 8.25. The maximum Gasteiger partial charge on any atom is 0.321 e. The predicted molar refractivity (Wildman–Crippen MR) is 129 cm³/mol. The quantitative estimate of drug-likeness (QED) is 0.572. The molecule has 2 amide bonds. The summed E-state index contributed by atoms with van der Waals surface area (Å²) in [5, 5.41) is 10.4. The van der Waals surface area contributed by atoms with Gasteiger partial charge in [-0.25, -0.2) is 9.78 Å². The highest BCUT2D eigenvalue weighted by Gasteiger charge is 2.28. The number of amides is 2. The average molecular weight is 449 g/mol. The average Bonchev–Trinajstić information content (AvgIpc) is 3.55. The number of urea groups is 1. The Hall–Kier alpha value is -2.97. The van der Waals surface area contributed by atoms with E-state index in [9.17, 15) is 4.79 Å². The van der Waals surface area contributed by atoms with E-state index in [1.165, 1.54) is 25.9 Å². The number of rotatable bonds is 5. The molecule has 166 valence electrons. The third-order valence-corrected chi connectivity index (χ3v) is 6.95. The molecule has 7 nitrogen and oxygen atoms in total. The van der Waals surface area contributed by atoms with E-state index in [4.69, 9.17) is 0 Å². The Morgan fingerprint density at radius 3 is 2.53 bits per heavy atom. The van der Waals surface area contributed by atoms with Gasteiger partial charge in [0, 0.05) is 41.4 Å². The molecular weight excluding hydrogens is 420 g/mol. The summed E-state index contributed by atoms with van der Waals surface area (Å²) >= 11 is 1.64. The highest BCUT2D eigenvalue weighted by atomic mass is 32.1. The van der Waals surface area contributed by atoms with Crippen molar-refractivity contribution in [2.75, 3.05) is 36.8 Å². The third-order valence-electron chi connectivity index (χ3n) is 6.26. The van der Waals surface area contributed by atoms with Gasteiger partial charge >= 0.3 is 6.03 Å². The van der Waals surface area contributed by atoms with Crippen LogP contribution >= 0.6 is 11.3 Å². The van der Waals surface area contributed by atoms with Crippen molar-refractivity contribution in [1.82, 2.24) is 19.8 Å². The van der Waals surface area contributed by atoms with E-state index in [2.05, 4.69) is 30.9 Å². The number of likely N-dealkylation sites (tertiary alicyclic amines) is 2. The van der Waals surface area contributed by atoms with Crippen molar-refractivity contribution >= 4 is 34.6 Å². The second kappa shape index (κ2) is 9.67. The van der Waals surface area contributed by atoms with Gasteiger partial charge in [-0.05, 0) is 68.4 Å². The van der Waals surface area contributed by atoms with Crippen LogP contribution in [0.4, 0.5) is 22.0 Å². The lowest BCUT2D eigenvalue weighted by Gasteiger charge is -2.36. The monoisotopic (exact) mass is 448 g/mol. The lowest BCUT2D eigenvalue weighted by Crippen LogP contribution is -2.47. The van der Waals surface area contributed by atoms with E-state index in [1.807, 2.05) is 40.6 Å². The van der Waals surface area contributed by atoms with Crippen LogP contribution in [0.25, 0.3) is 11.3 Å². The number of thiophene rings is 1. The molecule has 0 aliphatic carbocycles. The molecule has 0 unspecified atom stereocenters. The molecular formula is C24H28N6OS. The SMILES string of the molecule is O=C(Nc1cccc(Nc2cnc(-c3ccsc3)cn2)c1)N1CCC(N2CCCC2)CC1. The summed E-state index contributed by atoms with van der Waals surface area (Å²) in [5.41, 5.74) is 3.55. The molecule has 2 fully saturated rings. The van der Waals surface area contributed by atoms with Crippen LogP contribution in [0, 0.1) is 0 Å². The number of piperidine rings is 1. The second-order valence-electron chi connectivity index (χ2n) is 8.40. The van der Waals surface area contributed by atoms with Gasteiger partial charge in [0.25, 0.3) is 0 Å². The van der Waals surface area contributed by atoms with Gasteiger partial charge in [0.15, 0.2) is 0 Å². The lowest BCUT2D eigenvalue weighted by atomic mass is 10.0. The molecule has 2 aliphatic rings. The number of nitrogens with one attached hydrogen (secondary N) is 2. The van der Waals surface area contributed by atoms with Crippen LogP contribution < -0.4 is 10.6 Å². The lowest BCUT2D eigenvalue weighted by molar-refractivity contribution is 0.140. The highest BCUT2D eigenvalue weighted by Crippen LogP contribution is 2.24. The molecule has 8 heteroatoms. The maximum atomic E-state index is 12.8. The first-order chi connectivity index (χ1) is 15.7. The van der Waals surface area contributed by atoms with E-state index in [0.717, 1.165) is 48.6 Å². The Morgan fingerprint density at radius 1 is 1.00 bits per heavy atom. The fourth-order valence-electron chi connectivity index (χ4n) is 4.52. The minimum absolute atomic E-state index is 0.0260. The number of nitrogens with zero attached hydrogens (tertiary/aromatic N) is 4. The van der Waals surface area contributed by atoms with Gasteiger partial charge in [-0.15, -0.1) is 0 Å². The van der Waals surface area contributed by atoms with Crippen LogP contribution in [0.5, 0.6) is 0 Å². The zero-order chi connectivity index (χ0) is 21.8. The number of hydrogen-bond acceptors (Lipinski definition) is 6. The van der Waals surface area contributed by atoms with Gasteiger partial charge < -0.3 is 20.4 Å². The number of anilines is 3. The van der Waals surface area contributed by atoms with E-state index in [0.29, 0.717) is 11.9 Å². The van der Waals surface area contributed by atoms with Crippen molar-refractivity contribution in [2.24, 2.45) is 0 Å². The number of carbonyl (C=O) groups excluding carboxylic acids is 1. The molecule has 2 aliphatic heterocycles. The highest BCUT2D eigenvalue weighted by molar-refractivity contribution is 7.08. The summed E-state index contributed by atoms with van der Waals surface area (Å²) in [6.45, 7) is 4.07. The number of carbonyl (C=O) groups is 1. The summed E-state index contributed by atoms with van der Waals surface area (Å²) in [4.78, 5) is 26.3. The topological polar surface area (TPSA) is 73.4 Å². The molecule has 0 atom stereocenters. The molecule has 2 saturated heterocycles. The molecule has 3 aromatic rings. The minimum Gasteiger partial charge on any atom is -0.339 e. The van der Waals surface area contributed by atoms with Gasteiger partial charge in [-0.2, -0.15) is 11.3 Å². The van der Waals surface area contributed by atoms with Crippen LogP contribution in [0.15, 0.2) is 53.5 Å². The molecule has 32 heavy (non-hydrogen) atoms. The van der Waals surface area contributed by atoms with Gasteiger partial charge in [-0.1, -0.05) is 6.07 Å². The van der Waals surface area contributed by atoms with Gasteiger partial charge in [0.1, 0.15) is 5.82 Å². The molecule has 0 spiro atoms. The molecule has 0 bridgehead atoms. The molecule has 2 aromatic heterocycles.